The zero-order valence-corrected chi connectivity index (χ0v) is 10.0. The van der Waals surface area contributed by atoms with Crippen LogP contribution in [0.4, 0.5) is 5.88 Å². The van der Waals surface area contributed by atoms with Gasteiger partial charge in [0.05, 0.1) is 17.7 Å². The Balaban J connectivity index is 2.41. The van der Waals surface area contributed by atoms with Crippen molar-refractivity contribution >= 4 is 11.9 Å². The van der Waals surface area contributed by atoms with Gasteiger partial charge >= 0.3 is 5.97 Å². The Morgan fingerprint density at radius 1 is 1.44 bits per heavy atom. The number of carboxylic acids is 1. The lowest BCUT2D eigenvalue weighted by Crippen LogP contribution is -1.99. The molecule has 0 saturated carbocycles. The Hall–Kier alpha value is -2.30. The lowest BCUT2D eigenvalue weighted by Gasteiger charge is -2.05. The number of anilines is 1. The van der Waals surface area contributed by atoms with Crippen molar-refractivity contribution in [3.8, 4) is 11.1 Å². The van der Waals surface area contributed by atoms with Crippen LogP contribution in [0, 0.1) is 6.92 Å². The molecule has 0 atom stereocenters. The van der Waals surface area contributed by atoms with Crippen LogP contribution in [0.3, 0.4) is 0 Å². The first-order valence-corrected chi connectivity index (χ1v) is 5.61. The van der Waals surface area contributed by atoms with Crippen LogP contribution in [0.2, 0.25) is 0 Å². The molecule has 2 rings (SSSR count). The third-order valence-electron chi connectivity index (χ3n) is 2.78. The maximum atomic E-state index is 10.6. The van der Waals surface area contributed by atoms with Crippen molar-refractivity contribution in [2.24, 2.45) is 0 Å². The van der Waals surface area contributed by atoms with E-state index in [1.165, 1.54) is 0 Å². The van der Waals surface area contributed by atoms with Crippen LogP contribution in [0.1, 0.15) is 17.7 Å². The summed E-state index contributed by atoms with van der Waals surface area (Å²) >= 11 is 0. The molecule has 2 aromatic rings. The average molecular weight is 246 g/mol. The average Bonchev–Trinajstić information content (AvgIpc) is 2.69. The van der Waals surface area contributed by atoms with Crippen LogP contribution < -0.4 is 5.73 Å². The fourth-order valence-electron chi connectivity index (χ4n) is 1.88. The third kappa shape index (κ3) is 2.34. The fourth-order valence-corrected chi connectivity index (χ4v) is 1.88. The predicted molar refractivity (Wildman–Crippen MR) is 67.0 cm³/mol. The molecule has 0 radical (unpaired) electrons. The van der Waals surface area contributed by atoms with Crippen molar-refractivity contribution in [2.75, 3.05) is 5.73 Å². The maximum Gasteiger partial charge on any atom is 0.303 e. The lowest BCUT2D eigenvalue weighted by atomic mass is 9.99. The molecule has 0 saturated heterocycles. The van der Waals surface area contributed by atoms with Crippen molar-refractivity contribution in [3.63, 3.8) is 0 Å². The lowest BCUT2D eigenvalue weighted by molar-refractivity contribution is -0.136. The molecule has 0 fully saturated rings. The number of aryl methyl sites for hydroxylation is 2. The molecule has 0 aliphatic rings. The predicted octanol–water partition coefficient (Wildman–Crippen LogP) is 2.25. The Morgan fingerprint density at radius 2 is 2.17 bits per heavy atom. The second kappa shape index (κ2) is 4.91. The number of nitrogens with zero attached hydrogens (tertiary/aromatic N) is 1. The minimum Gasteiger partial charge on any atom is -0.481 e. The summed E-state index contributed by atoms with van der Waals surface area (Å²) in [5, 5.41) is 12.5. The van der Waals surface area contributed by atoms with Gasteiger partial charge in [-0.2, -0.15) is 0 Å². The Morgan fingerprint density at radius 3 is 2.83 bits per heavy atom. The van der Waals surface area contributed by atoms with Gasteiger partial charge in [-0.15, -0.1) is 0 Å². The molecule has 18 heavy (non-hydrogen) atoms. The summed E-state index contributed by atoms with van der Waals surface area (Å²) in [6.07, 6.45) is 0.310. The Labute approximate surface area is 104 Å². The molecule has 0 amide bonds. The van der Waals surface area contributed by atoms with Crippen molar-refractivity contribution in [3.05, 3.63) is 35.5 Å². The van der Waals surface area contributed by atoms with Gasteiger partial charge in [0.1, 0.15) is 0 Å². The fraction of sp³-hybridized carbons (Fsp3) is 0.231. The highest BCUT2D eigenvalue weighted by molar-refractivity contribution is 5.78. The number of aromatic nitrogens is 1. The standard InChI is InChI=1S/C13H14N2O3/c1-8-4-2-3-5-9(8)12-10(6-7-11(16)17)15-18-13(12)14/h2-5H,6-7,14H2,1H3,(H,16,17). The Kier molecular flexibility index (Phi) is 3.32. The molecule has 0 aliphatic heterocycles. The normalized spacial score (nSPS) is 10.5. The van der Waals surface area contributed by atoms with E-state index in [2.05, 4.69) is 5.16 Å². The molecule has 0 aliphatic carbocycles. The molecule has 94 valence electrons. The topological polar surface area (TPSA) is 89.3 Å². The number of aliphatic carboxylic acids is 1. The highest BCUT2D eigenvalue weighted by Gasteiger charge is 2.17. The van der Waals surface area contributed by atoms with Gasteiger partial charge in [-0.05, 0) is 18.1 Å². The van der Waals surface area contributed by atoms with Gasteiger partial charge < -0.3 is 15.4 Å². The van der Waals surface area contributed by atoms with E-state index in [0.717, 1.165) is 11.1 Å². The molecule has 0 unspecified atom stereocenters. The molecule has 1 heterocycles. The monoisotopic (exact) mass is 246 g/mol. The summed E-state index contributed by atoms with van der Waals surface area (Å²) in [5.74, 6) is -0.642. The van der Waals surface area contributed by atoms with Gasteiger partial charge in [0.25, 0.3) is 0 Å². The van der Waals surface area contributed by atoms with Gasteiger partial charge in [-0.1, -0.05) is 29.4 Å². The SMILES string of the molecule is Cc1ccccc1-c1c(CCC(=O)O)noc1N. The largest absolute Gasteiger partial charge is 0.481 e. The van der Waals surface area contributed by atoms with Gasteiger partial charge in [-0.3, -0.25) is 4.79 Å². The molecule has 0 bridgehead atoms. The Bertz CT molecular complexity index is 575. The number of carbonyl (C=O) groups is 1. The quantitative estimate of drug-likeness (QED) is 0.863. The second-order valence-corrected chi connectivity index (χ2v) is 4.08. The number of nitrogen functional groups attached to an aromatic ring is 1. The number of carboxylic acid groups (broad SMARTS) is 1. The van der Waals surface area contributed by atoms with E-state index in [4.69, 9.17) is 15.4 Å². The first-order chi connectivity index (χ1) is 8.59. The molecular formula is C13H14N2O3. The molecule has 0 spiro atoms. The van der Waals surface area contributed by atoms with E-state index in [0.29, 0.717) is 17.7 Å². The smallest absolute Gasteiger partial charge is 0.303 e. The number of hydrogen-bond acceptors (Lipinski definition) is 4. The van der Waals surface area contributed by atoms with E-state index in [-0.39, 0.29) is 12.3 Å². The summed E-state index contributed by atoms with van der Waals surface area (Å²) in [5.41, 5.74) is 9.04. The first-order valence-electron chi connectivity index (χ1n) is 5.61. The minimum absolute atomic E-state index is 0.00482. The summed E-state index contributed by atoms with van der Waals surface area (Å²) in [6.45, 7) is 1.96. The van der Waals surface area contributed by atoms with Gasteiger partial charge in [0, 0.05) is 6.42 Å². The van der Waals surface area contributed by atoms with Gasteiger partial charge in [0.15, 0.2) is 0 Å². The van der Waals surface area contributed by atoms with Crippen LogP contribution >= 0.6 is 0 Å². The number of hydrogen-bond donors (Lipinski definition) is 2. The van der Waals surface area contributed by atoms with E-state index >= 15 is 0 Å². The minimum atomic E-state index is -0.868. The van der Waals surface area contributed by atoms with Crippen LogP contribution in [0.25, 0.3) is 11.1 Å². The number of nitrogens with two attached hydrogens (primary N) is 1. The van der Waals surface area contributed by atoms with Gasteiger partial charge in [0.2, 0.25) is 5.88 Å². The van der Waals surface area contributed by atoms with Crippen molar-refractivity contribution < 1.29 is 14.4 Å². The van der Waals surface area contributed by atoms with Crippen LogP contribution in [-0.4, -0.2) is 16.2 Å². The summed E-state index contributed by atoms with van der Waals surface area (Å²) < 4.78 is 4.97. The van der Waals surface area contributed by atoms with Crippen LogP contribution in [0.15, 0.2) is 28.8 Å². The molecule has 5 nitrogen and oxygen atoms in total. The van der Waals surface area contributed by atoms with Crippen LogP contribution in [0.5, 0.6) is 0 Å². The number of benzene rings is 1. The van der Waals surface area contributed by atoms with Gasteiger partial charge in [-0.25, -0.2) is 0 Å². The van der Waals surface area contributed by atoms with E-state index in [9.17, 15) is 4.79 Å². The second-order valence-electron chi connectivity index (χ2n) is 4.08. The molecular weight excluding hydrogens is 232 g/mol. The highest BCUT2D eigenvalue weighted by atomic mass is 16.5. The van der Waals surface area contributed by atoms with Crippen LogP contribution in [-0.2, 0) is 11.2 Å². The summed E-state index contributed by atoms with van der Waals surface area (Å²) in [7, 11) is 0. The molecule has 5 heteroatoms. The maximum absolute atomic E-state index is 10.6. The van der Waals surface area contributed by atoms with Crippen molar-refractivity contribution in [1.29, 1.82) is 0 Å². The van der Waals surface area contributed by atoms with Crippen molar-refractivity contribution in [1.82, 2.24) is 5.16 Å². The first kappa shape index (κ1) is 12.2. The van der Waals surface area contributed by atoms with E-state index in [1.54, 1.807) is 0 Å². The van der Waals surface area contributed by atoms with E-state index in [1.807, 2.05) is 31.2 Å². The molecule has 1 aromatic heterocycles. The highest BCUT2D eigenvalue weighted by Crippen LogP contribution is 2.32. The molecule has 1 aromatic carbocycles. The summed E-state index contributed by atoms with van der Waals surface area (Å²) in [6, 6.07) is 7.71. The zero-order valence-electron chi connectivity index (χ0n) is 10.0. The third-order valence-corrected chi connectivity index (χ3v) is 2.78. The summed E-state index contributed by atoms with van der Waals surface area (Å²) in [4.78, 5) is 10.6. The molecule has 3 N–H and O–H groups in total. The van der Waals surface area contributed by atoms with Crippen molar-refractivity contribution in [2.45, 2.75) is 19.8 Å². The van der Waals surface area contributed by atoms with E-state index < -0.39 is 5.97 Å². The number of rotatable bonds is 4. The zero-order chi connectivity index (χ0) is 13.1.